The summed E-state index contributed by atoms with van der Waals surface area (Å²) in [5, 5.41) is 44.4. The molecule has 5 amide bonds. The van der Waals surface area contributed by atoms with Crippen LogP contribution in [0, 0.1) is 17.2 Å². The van der Waals surface area contributed by atoms with Crippen molar-refractivity contribution in [2.75, 3.05) is 6.54 Å². The lowest BCUT2D eigenvalue weighted by atomic mass is 9.96. The van der Waals surface area contributed by atoms with Crippen molar-refractivity contribution in [3.05, 3.63) is 72.1 Å². The first-order valence-electron chi connectivity index (χ1n) is 21.3. The molecule has 15 N–H and O–H groups in total. The molecule has 0 aliphatic rings. The number of carboxylic acids is 2. The maximum atomic E-state index is 14.0. The Morgan fingerprint density at radius 1 is 0.688 bits per heavy atom. The number of carbonyl (C=O) groups excluding carboxylic acids is 5. The maximum Gasteiger partial charge on any atom is 0.326 e. The Bertz CT molecular complexity index is 2290. The summed E-state index contributed by atoms with van der Waals surface area (Å²) < 4.78 is 0. The number of guanidine groups is 1. The number of aromatic amines is 2. The van der Waals surface area contributed by atoms with Gasteiger partial charge < -0.3 is 63.5 Å². The Labute approximate surface area is 370 Å². The van der Waals surface area contributed by atoms with Crippen LogP contribution in [0.5, 0.6) is 0 Å². The minimum Gasteiger partial charge on any atom is -0.481 e. The number of para-hydroxylation sites is 2. The van der Waals surface area contributed by atoms with E-state index in [1.165, 1.54) is 0 Å². The van der Waals surface area contributed by atoms with Crippen molar-refractivity contribution in [2.45, 2.75) is 109 Å². The summed E-state index contributed by atoms with van der Waals surface area (Å²) >= 11 is 0. The molecule has 7 atom stereocenters. The molecule has 4 aromatic rings. The maximum absolute atomic E-state index is 14.0. The van der Waals surface area contributed by atoms with Crippen LogP contribution < -0.4 is 43.4 Å². The predicted molar refractivity (Wildman–Crippen MR) is 240 cm³/mol. The molecule has 346 valence electrons. The van der Waals surface area contributed by atoms with E-state index in [9.17, 15) is 43.8 Å². The van der Waals surface area contributed by atoms with Gasteiger partial charge in [0.05, 0.1) is 12.5 Å². The van der Waals surface area contributed by atoms with E-state index in [4.69, 9.17) is 16.9 Å². The summed E-state index contributed by atoms with van der Waals surface area (Å²) in [4.78, 5) is 99.6. The molecule has 20 heteroatoms. The molecule has 2 heterocycles. The van der Waals surface area contributed by atoms with Crippen LogP contribution in [0.1, 0.15) is 70.9 Å². The monoisotopic (exact) mass is 887 g/mol. The highest BCUT2D eigenvalue weighted by atomic mass is 16.4. The summed E-state index contributed by atoms with van der Waals surface area (Å²) in [6.07, 6.45) is 3.20. The molecular formula is C44H61N11O9. The third-order valence-electron chi connectivity index (χ3n) is 10.9. The van der Waals surface area contributed by atoms with Gasteiger partial charge in [-0.25, -0.2) is 4.79 Å². The van der Waals surface area contributed by atoms with Gasteiger partial charge in [0.15, 0.2) is 5.96 Å². The average Bonchev–Trinajstić information content (AvgIpc) is 3.85. The SMILES string of the molecule is CC[C@H](C)[C@H](NC(=O)[C@H](CC(C)C)NC(=O)[C@H](CC(=O)O)NC(=O)[C@H](CCCNC(=N)N)NC(=O)[C@H](N)Cc1c[nH]c2ccccc12)C(=O)N[C@@H](Cc1c[nH]c2ccccc12)C(=O)O. The van der Waals surface area contributed by atoms with Gasteiger partial charge >= 0.3 is 11.9 Å². The predicted octanol–water partition coefficient (Wildman–Crippen LogP) is 1.10. The number of H-pyrrole nitrogens is 2. The minimum atomic E-state index is -1.73. The zero-order chi connectivity index (χ0) is 47.1. The van der Waals surface area contributed by atoms with E-state index in [1.807, 2.05) is 48.5 Å². The minimum absolute atomic E-state index is 0.0268. The van der Waals surface area contributed by atoms with Gasteiger partial charge in [-0.15, -0.1) is 0 Å². The summed E-state index contributed by atoms with van der Waals surface area (Å²) in [5.74, 6) is -7.92. The van der Waals surface area contributed by atoms with Crippen molar-refractivity contribution < 1.29 is 43.8 Å². The fourth-order valence-electron chi connectivity index (χ4n) is 7.28. The largest absolute Gasteiger partial charge is 0.481 e. The Balaban J connectivity index is 1.49. The first-order valence-corrected chi connectivity index (χ1v) is 21.3. The van der Waals surface area contributed by atoms with Gasteiger partial charge in [-0.3, -0.25) is 34.2 Å². The van der Waals surface area contributed by atoms with Crippen LogP contribution >= 0.6 is 0 Å². The van der Waals surface area contributed by atoms with Crippen LogP contribution in [-0.2, 0) is 46.4 Å². The molecule has 20 nitrogen and oxygen atoms in total. The number of benzene rings is 2. The zero-order valence-corrected chi connectivity index (χ0v) is 36.5. The Morgan fingerprint density at radius 2 is 1.20 bits per heavy atom. The van der Waals surface area contributed by atoms with Crippen molar-refractivity contribution in [1.82, 2.24) is 41.9 Å². The molecule has 0 bridgehead atoms. The van der Waals surface area contributed by atoms with Crippen molar-refractivity contribution in [3.8, 4) is 0 Å². The smallest absolute Gasteiger partial charge is 0.326 e. The number of hydrogen-bond acceptors (Lipinski definition) is 9. The highest BCUT2D eigenvalue weighted by molar-refractivity contribution is 5.98. The first-order chi connectivity index (χ1) is 30.4. The van der Waals surface area contributed by atoms with Crippen molar-refractivity contribution in [1.29, 1.82) is 5.41 Å². The molecule has 0 fully saturated rings. The van der Waals surface area contributed by atoms with Gasteiger partial charge in [0.2, 0.25) is 29.5 Å². The first kappa shape index (κ1) is 49.7. The fraction of sp³-hybridized carbons (Fsp3) is 0.455. The lowest BCUT2D eigenvalue weighted by Gasteiger charge is -2.29. The zero-order valence-electron chi connectivity index (χ0n) is 36.5. The molecule has 0 aliphatic heterocycles. The van der Waals surface area contributed by atoms with E-state index in [0.717, 1.165) is 27.4 Å². The Kier molecular flexibility index (Phi) is 18.2. The third-order valence-corrected chi connectivity index (χ3v) is 10.9. The van der Waals surface area contributed by atoms with Gasteiger partial charge in [0.25, 0.3) is 0 Å². The van der Waals surface area contributed by atoms with Crippen LogP contribution in [-0.4, -0.2) is 110 Å². The second-order valence-electron chi connectivity index (χ2n) is 16.4. The van der Waals surface area contributed by atoms with Crippen LogP contribution in [0.2, 0.25) is 0 Å². The molecule has 0 spiro atoms. The highest BCUT2D eigenvalue weighted by Crippen LogP contribution is 2.21. The molecule has 2 aromatic carbocycles. The number of hydrogen-bond donors (Lipinski definition) is 13. The molecule has 4 rings (SSSR count). The van der Waals surface area contributed by atoms with Crippen LogP contribution in [0.15, 0.2) is 60.9 Å². The summed E-state index contributed by atoms with van der Waals surface area (Å²) in [6, 6.07) is 6.72. The van der Waals surface area contributed by atoms with Gasteiger partial charge in [-0.05, 0) is 60.8 Å². The van der Waals surface area contributed by atoms with Gasteiger partial charge in [-0.2, -0.15) is 0 Å². The van der Waals surface area contributed by atoms with Crippen LogP contribution in [0.25, 0.3) is 21.8 Å². The lowest BCUT2D eigenvalue weighted by molar-refractivity contribution is -0.142. The van der Waals surface area contributed by atoms with E-state index in [1.54, 1.807) is 40.1 Å². The number of rotatable bonds is 25. The summed E-state index contributed by atoms with van der Waals surface area (Å²) in [6.45, 7) is 7.20. The molecule has 0 saturated carbocycles. The molecule has 0 unspecified atom stereocenters. The van der Waals surface area contributed by atoms with Crippen LogP contribution in [0.3, 0.4) is 0 Å². The second kappa shape index (κ2) is 23.5. The van der Waals surface area contributed by atoms with E-state index in [-0.39, 0.29) is 50.5 Å². The van der Waals surface area contributed by atoms with Gasteiger partial charge in [-0.1, -0.05) is 70.5 Å². The normalized spacial score (nSPS) is 14.6. The number of carboxylic acid groups (broad SMARTS) is 2. The van der Waals surface area contributed by atoms with E-state index in [0.29, 0.717) is 12.0 Å². The number of aromatic nitrogens is 2. The van der Waals surface area contributed by atoms with Gasteiger partial charge in [0, 0.05) is 47.2 Å². The average molecular weight is 888 g/mol. The molecule has 0 aliphatic carbocycles. The van der Waals surface area contributed by atoms with Crippen LogP contribution in [0.4, 0.5) is 0 Å². The number of amides is 5. The standard InChI is InChI=1S/C44H61N11O9/c1-5-24(4)37(42(62)54-35(43(63)64)19-26-22-50-31-14-9-7-12-28(26)31)55-41(61)33(17-23(2)3)52-40(60)34(20-36(56)57)53-39(59)32(15-10-16-48-44(46)47)51-38(58)29(45)18-25-21-49-30-13-8-6-11-27(25)30/h6-9,11-14,21-24,29,32-35,37,49-50H,5,10,15-20,45H2,1-4H3,(H,51,58)(H,52,60)(H,53,59)(H,54,62)(H,55,61)(H,56,57)(H,63,64)(H4,46,47,48)/t24-,29+,32-,33-,34-,35-,37-/m0/s1. The molecule has 2 aromatic heterocycles. The summed E-state index contributed by atoms with van der Waals surface area (Å²) in [7, 11) is 0. The quantitative estimate of drug-likeness (QED) is 0.0253. The second-order valence-corrected chi connectivity index (χ2v) is 16.4. The Morgan fingerprint density at radius 3 is 1.75 bits per heavy atom. The Hall–Kier alpha value is -6.96. The van der Waals surface area contributed by atoms with Crippen molar-refractivity contribution in [3.63, 3.8) is 0 Å². The third kappa shape index (κ3) is 14.3. The number of carbonyl (C=O) groups is 7. The number of aliphatic carboxylic acids is 2. The molecular weight excluding hydrogens is 827 g/mol. The fourth-order valence-corrected chi connectivity index (χ4v) is 7.28. The lowest BCUT2D eigenvalue weighted by Crippen LogP contribution is -2.60. The van der Waals surface area contributed by atoms with E-state index in [2.05, 4.69) is 41.9 Å². The van der Waals surface area contributed by atoms with E-state index >= 15 is 0 Å². The molecule has 0 saturated heterocycles. The molecule has 64 heavy (non-hydrogen) atoms. The summed E-state index contributed by atoms with van der Waals surface area (Å²) in [5.41, 5.74) is 14.8. The highest BCUT2D eigenvalue weighted by Gasteiger charge is 2.35. The topological polar surface area (TPSA) is 340 Å². The number of fused-ring (bicyclic) bond motifs is 2. The van der Waals surface area contributed by atoms with Crippen molar-refractivity contribution >= 4 is 69.2 Å². The number of nitrogens with two attached hydrogens (primary N) is 2. The van der Waals surface area contributed by atoms with Gasteiger partial charge in [0.1, 0.15) is 30.2 Å². The van der Waals surface area contributed by atoms with E-state index < -0.39 is 90.1 Å². The van der Waals surface area contributed by atoms with Crippen molar-refractivity contribution in [2.24, 2.45) is 23.3 Å². The number of nitrogens with one attached hydrogen (secondary N) is 9. The molecule has 0 radical (unpaired) electrons.